The molecule has 0 aromatic heterocycles. The lowest BCUT2D eigenvalue weighted by molar-refractivity contribution is 0.162. The summed E-state index contributed by atoms with van der Waals surface area (Å²) in [7, 11) is 0. The van der Waals surface area contributed by atoms with Crippen LogP contribution in [0, 0.1) is 0 Å². The Morgan fingerprint density at radius 1 is 0.789 bits per heavy atom. The average molecular weight is 508 g/mol. The molecule has 2 N–H and O–H groups in total. The molecule has 0 aliphatic carbocycles. The van der Waals surface area contributed by atoms with Crippen LogP contribution in [0.4, 0.5) is 5.69 Å². The molecule has 6 heteroatoms. The van der Waals surface area contributed by atoms with Crippen LogP contribution in [-0.4, -0.2) is 30.1 Å². The summed E-state index contributed by atoms with van der Waals surface area (Å²) in [5, 5.41) is 22.2. The van der Waals surface area contributed by atoms with Crippen LogP contribution in [0.3, 0.4) is 0 Å². The van der Waals surface area contributed by atoms with Crippen molar-refractivity contribution < 1.29 is 24.4 Å². The Morgan fingerprint density at radius 3 is 2.29 bits per heavy atom. The van der Waals surface area contributed by atoms with Gasteiger partial charge in [-0.25, -0.2) is 0 Å². The third-order valence-corrected chi connectivity index (χ3v) is 8.01. The number of benzene rings is 4. The minimum absolute atomic E-state index is 0.103. The van der Waals surface area contributed by atoms with E-state index < -0.39 is 5.60 Å². The molecule has 7 rings (SSSR count). The summed E-state index contributed by atoms with van der Waals surface area (Å²) < 4.78 is 18.5. The number of hydrogen-bond donors (Lipinski definition) is 2. The lowest BCUT2D eigenvalue weighted by Crippen LogP contribution is -2.34. The van der Waals surface area contributed by atoms with Crippen molar-refractivity contribution in [3.8, 4) is 17.2 Å². The van der Waals surface area contributed by atoms with Gasteiger partial charge in [-0.05, 0) is 54.1 Å². The van der Waals surface area contributed by atoms with Gasteiger partial charge >= 0.3 is 0 Å². The van der Waals surface area contributed by atoms with E-state index in [1.807, 2.05) is 30.3 Å². The van der Waals surface area contributed by atoms with Crippen molar-refractivity contribution in [3.05, 3.63) is 101 Å². The Morgan fingerprint density at radius 2 is 1.55 bits per heavy atom. The number of aliphatic hydroxyl groups is 2. The summed E-state index contributed by atoms with van der Waals surface area (Å²) in [6, 6.07) is 22.7. The summed E-state index contributed by atoms with van der Waals surface area (Å²) in [5.74, 6) is 1.77. The fourth-order valence-electron chi connectivity index (χ4n) is 6.05. The molecule has 0 radical (unpaired) electrons. The number of anilines is 1. The second-order valence-corrected chi connectivity index (χ2v) is 10.1. The summed E-state index contributed by atoms with van der Waals surface area (Å²) in [6.45, 7) is 1.91. The third kappa shape index (κ3) is 3.48. The van der Waals surface area contributed by atoms with Crippen LogP contribution in [0.1, 0.15) is 40.7 Å². The van der Waals surface area contributed by atoms with Gasteiger partial charge in [0.15, 0.2) is 17.1 Å². The highest BCUT2D eigenvalue weighted by Crippen LogP contribution is 2.50. The van der Waals surface area contributed by atoms with E-state index in [9.17, 15) is 10.2 Å². The Bertz CT molecular complexity index is 1540. The van der Waals surface area contributed by atoms with Gasteiger partial charge in [-0.3, -0.25) is 0 Å². The lowest BCUT2D eigenvalue weighted by atomic mass is 9.82. The van der Waals surface area contributed by atoms with Gasteiger partial charge in [0.05, 0.1) is 13.2 Å². The number of ether oxygens (including phenoxy) is 3. The monoisotopic (exact) mass is 507 g/mol. The van der Waals surface area contributed by atoms with Gasteiger partial charge < -0.3 is 29.3 Å². The molecule has 38 heavy (non-hydrogen) atoms. The maximum Gasteiger partial charge on any atom is 0.231 e. The van der Waals surface area contributed by atoms with E-state index in [-0.39, 0.29) is 20.0 Å². The van der Waals surface area contributed by atoms with Crippen molar-refractivity contribution >= 4 is 22.5 Å². The highest BCUT2D eigenvalue weighted by atomic mass is 16.7. The molecular formula is C32H29NO5. The normalized spacial score (nSPS) is 19.6. The van der Waals surface area contributed by atoms with Gasteiger partial charge in [0, 0.05) is 46.4 Å². The van der Waals surface area contributed by atoms with E-state index in [1.165, 1.54) is 18.5 Å². The van der Waals surface area contributed by atoms with Gasteiger partial charge in [-0.1, -0.05) is 48.5 Å². The first kappa shape index (κ1) is 23.1. The number of nitrogens with zero attached hydrogens (tertiary/aromatic N) is 1. The summed E-state index contributed by atoms with van der Waals surface area (Å²) in [4.78, 5) is 2.42. The minimum atomic E-state index is -0.880. The van der Waals surface area contributed by atoms with Crippen LogP contribution < -0.4 is 19.1 Å². The lowest BCUT2D eigenvalue weighted by Gasteiger charge is -2.37. The maximum absolute atomic E-state index is 10.3. The van der Waals surface area contributed by atoms with Crippen LogP contribution in [0.5, 0.6) is 17.2 Å². The van der Waals surface area contributed by atoms with Crippen molar-refractivity contribution in [2.45, 2.75) is 31.7 Å². The van der Waals surface area contributed by atoms with E-state index >= 15 is 0 Å². The Labute approximate surface area is 221 Å². The van der Waals surface area contributed by atoms with Gasteiger partial charge in [-0.2, -0.15) is 0 Å². The first-order valence-corrected chi connectivity index (χ1v) is 13.1. The molecule has 1 unspecified atom stereocenters. The topological polar surface area (TPSA) is 71.4 Å². The van der Waals surface area contributed by atoms with Crippen LogP contribution in [-0.2, 0) is 18.8 Å². The fourth-order valence-corrected chi connectivity index (χ4v) is 6.05. The van der Waals surface area contributed by atoms with Gasteiger partial charge in [0.1, 0.15) is 5.75 Å². The minimum Gasteiger partial charge on any atom is -0.472 e. The molecule has 3 heterocycles. The summed E-state index contributed by atoms with van der Waals surface area (Å²) >= 11 is 0. The quantitative estimate of drug-likeness (QED) is 0.372. The third-order valence-electron chi connectivity index (χ3n) is 8.01. The van der Waals surface area contributed by atoms with E-state index in [0.717, 1.165) is 46.1 Å². The molecule has 4 aromatic rings. The van der Waals surface area contributed by atoms with Gasteiger partial charge in [0.2, 0.25) is 6.79 Å². The first-order chi connectivity index (χ1) is 18.7. The molecule has 3 aliphatic rings. The van der Waals surface area contributed by atoms with Gasteiger partial charge in [0.25, 0.3) is 0 Å². The van der Waals surface area contributed by atoms with Crippen LogP contribution >= 0.6 is 0 Å². The fraction of sp³-hybridized carbons (Fsp3) is 0.250. The predicted molar refractivity (Wildman–Crippen MR) is 147 cm³/mol. The zero-order chi connectivity index (χ0) is 25.7. The van der Waals surface area contributed by atoms with Crippen molar-refractivity contribution in [2.75, 3.05) is 24.8 Å². The summed E-state index contributed by atoms with van der Waals surface area (Å²) in [6.07, 6.45) is 6.59. The highest BCUT2D eigenvalue weighted by Gasteiger charge is 2.39. The average Bonchev–Trinajstić information content (AvgIpc) is 3.69. The smallest absolute Gasteiger partial charge is 0.231 e. The molecule has 0 bridgehead atoms. The second-order valence-electron chi connectivity index (χ2n) is 10.1. The molecule has 3 aliphatic heterocycles. The predicted octanol–water partition coefficient (Wildman–Crippen LogP) is 5.50. The number of fused-ring (bicyclic) bond motifs is 4. The molecule has 0 spiro atoms. The molecule has 6 nitrogen and oxygen atoms in total. The molecule has 1 atom stereocenters. The zero-order valence-electron chi connectivity index (χ0n) is 21.0. The van der Waals surface area contributed by atoms with Crippen molar-refractivity contribution in [1.29, 1.82) is 0 Å². The summed E-state index contributed by atoms with van der Waals surface area (Å²) in [5.41, 5.74) is 4.54. The molecule has 0 saturated carbocycles. The highest BCUT2D eigenvalue weighted by molar-refractivity contribution is 5.99. The number of rotatable bonds is 5. The number of hydrogen-bond acceptors (Lipinski definition) is 6. The molecular weight excluding hydrogens is 478 g/mol. The SMILES string of the molecule is OCc1cc2c(CO)c3c(cc2c2c1C=CC(c1ccccc1)(c1ccc(N4CCCC4)cc1)O2)OCO3. The molecule has 1 saturated heterocycles. The van der Waals surface area contributed by atoms with Crippen LogP contribution in [0.15, 0.2) is 72.8 Å². The maximum atomic E-state index is 10.3. The molecule has 0 amide bonds. The van der Waals surface area contributed by atoms with Crippen molar-refractivity contribution in [3.63, 3.8) is 0 Å². The Kier molecular flexibility index (Phi) is 5.53. The standard InChI is InChI=1S/C32H29NO5/c34-18-21-16-26-27(17-29-31(28(26)19-35)37-20-36-29)30-25(21)12-13-32(38-30,22-6-2-1-3-7-22)23-8-10-24(11-9-23)33-14-4-5-15-33/h1-3,6-13,16-17,34-35H,4-5,14-15,18-20H2. The zero-order valence-corrected chi connectivity index (χ0v) is 21.0. The van der Waals surface area contributed by atoms with Gasteiger partial charge in [-0.15, -0.1) is 0 Å². The van der Waals surface area contributed by atoms with E-state index in [2.05, 4.69) is 53.5 Å². The largest absolute Gasteiger partial charge is 0.472 e. The second kappa shape index (κ2) is 9.08. The first-order valence-electron chi connectivity index (χ1n) is 13.1. The molecule has 4 aromatic carbocycles. The van der Waals surface area contributed by atoms with E-state index in [1.54, 1.807) is 0 Å². The molecule has 1 fully saturated rings. The molecule has 192 valence electrons. The van der Waals surface area contributed by atoms with E-state index in [0.29, 0.717) is 22.8 Å². The number of aliphatic hydroxyl groups excluding tert-OH is 2. The van der Waals surface area contributed by atoms with Crippen LogP contribution in [0.2, 0.25) is 0 Å². The van der Waals surface area contributed by atoms with Crippen LogP contribution in [0.25, 0.3) is 16.8 Å². The van der Waals surface area contributed by atoms with Crippen molar-refractivity contribution in [2.24, 2.45) is 0 Å². The van der Waals surface area contributed by atoms with Crippen molar-refractivity contribution in [1.82, 2.24) is 0 Å². The Hall–Kier alpha value is -4.00. The Balaban J connectivity index is 1.44. The van der Waals surface area contributed by atoms with E-state index in [4.69, 9.17) is 14.2 Å².